The van der Waals surface area contributed by atoms with E-state index in [1.54, 1.807) is 11.3 Å². The molecule has 2 aliphatic rings. The highest BCUT2D eigenvalue weighted by molar-refractivity contribution is 14.0. The number of hydrogen-bond donors (Lipinski definition) is 2. The third kappa shape index (κ3) is 5.38. The molecule has 0 unspecified atom stereocenters. The SMILES string of the molecule is CCNC(=NCc1ncc(C)s1)NCC1(c2ccc3c(c2)OCCO3)CCCC1.I. The van der Waals surface area contributed by atoms with Crippen molar-refractivity contribution in [3.05, 3.63) is 39.8 Å². The van der Waals surface area contributed by atoms with Crippen molar-refractivity contribution in [3.8, 4) is 11.5 Å². The standard InChI is InChI=1S/C22H30N4O2S.HI/c1-3-23-21(25-14-20-24-13-16(2)29-20)26-15-22(8-4-5-9-22)17-6-7-18-19(12-17)28-11-10-27-18;/h6-7,12-13H,3-5,8-11,14-15H2,1-2H3,(H2,23,25,26);1H. The zero-order valence-corrected chi connectivity index (χ0v) is 20.8. The van der Waals surface area contributed by atoms with Gasteiger partial charge in [0.15, 0.2) is 17.5 Å². The Balaban J connectivity index is 0.00000256. The first-order valence-electron chi connectivity index (χ1n) is 10.5. The van der Waals surface area contributed by atoms with Crippen molar-refractivity contribution in [1.29, 1.82) is 0 Å². The first-order valence-corrected chi connectivity index (χ1v) is 11.3. The van der Waals surface area contributed by atoms with Crippen molar-refractivity contribution in [3.63, 3.8) is 0 Å². The molecule has 8 heteroatoms. The van der Waals surface area contributed by atoms with E-state index in [2.05, 4.69) is 47.7 Å². The lowest BCUT2D eigenvalue weighted by Gasteiger charge is -2.32. The summed E-state index contributed by atoms with van der Waals surface area (Å²) in [5.41, 5.74) is 1.43. The molecule has 1 saturated carbocycles. The molecule has 1 aromatic carbocycles. The number of guanidine groups is 1. The second kappa shape index (κ2) is 10.7. The minimum absolute atomic E-state index is 0. The Morgan fingerprint density at radius 2 is 1.93 bits per heavy atom. The molecule has 2 N–H and O–H groups in total. The van der Waals surface area contributed by atoms with E-state index < -0.39 is 0 Å². The minimum Gasteiger partial charge on any atom is -0.486 e. The summed E-state index contributed by atoms with van der Waals surface area (Å²) in [6, 6.07) is 6.46. The fourth-order valence-corrected chi connectivity index (χ4v) is 4.92. The Labute approximate surface area is 199 Å². The summed E-state index contributed by atoms with van der Waals surface area (Å²) >= 11 is 1.70. The monoisotopic (exact) mass is 542 g/mol. The van der Waals surface area contributed by atoms with E-state index in [-0.39, 0.29) is 29.4 Å². The molecule has 1 aromatic heterocycles. The second-order valence-electron chi connectivity index (χ2n) is 7.76. The number of thiazole rings is 1. The molecule has 0 spiro atoms. The van der Waals surface area contributed by atoms with Crippen LogP contribution < -0.4 is 20.1 Å². The number of nitrogens with zero attached hydrogens (tertiary/aromatic N) is 2. The number of ether oxygens (including phenoxy) is 2. The van der Waals surface area contributed by atoms with Crippen molar-refractivity contribution in [2.45, 2.75) is 51.5 Å². The average Bonchev–Trinajstić information content (AvgIpc) is 3.39. The normalized spacial score (nSPS) is 17.3. The van der Waals surface area contributed by atoms with Crippen LogP contribution in [0.1, 0.15) is 48.1 Å². The van der Waals surface area contributed by atoms with E-state index in [0.29, 0.717) is 19.8 Å². The summed E-state index contributed by atoms with van der Waals surface area (Å²) in [5, 5.41) is 8.02. The van der Waals surface area contributed by atoms with E-state index in [9.17, 15) is 0 Å². The van der Waals surface area contributed by atoms with Crippen LogP contribution in [0.5, 0.6) is 11.5 Å². The largest absolute Gasteiger partial charge is 0.486 e. The fraction of sp³-hybridized carbons (Fsp3) is 0.545. The molecule has 0 amide bonds. The van der Waals surface area contributed by atoms with Crippen molar-refractivity contribution < 1.29 is 9.47 Å². The lowest BCUT2D eigenvalue weighted by Crippen LogP contribution is -2.44. The summed E-state index contributed by atoms with van der Waals surface area (Å²) in [5.74, 6) is 2.58. The molecule has 0 radical (unpaired) electrons. The van der Waals surface area contributed by atoms with Crippen LogP contribution in [0.25, 0.3) is 0 Å². The lowest BCUT2D eigenvalue weighted by molar-refractivity contribution is 0.171. The fourth-order valence-electron chi connectivity index (χ4n) is 4.21. The summed E-state index contributed by atoms with van der Waals surface area (Å²) in [6.45, 7) is 7.71. The number of hydrogen-bond acceptors (Lipinski definition) is 5. The van der Waals surface area contributed by atoms with Crippen LogP contribution in [0.3, 0.4) is 0 Å². The van der Waals surface area contributed by atoms with Gasteiger partial charge in [0, 0.05) is 29.6 Å². The third-order valence-electron chi connectivity index (χ3n) is 5.70. The summed E-state index contributed by atoms with van der Waals surface area (Å²) in [4.78, 5) is 10.4. The summed E-state index contributed by atoms with van der Waals surface area (Å²) < 4.78 is 11.5. The maximum atomic E-state index is 5.84. The number of rotatable bonds is 6. The number of aliphatic imine (C=N–C) groups is 1. The van der Waals surface area contributed by atoms with Crippen molar-refractivity contribution in [2.75, 3.05) is 26.3 Å². The number of aromatic nitrogens is 1. The molecular weight excluding hydrogens is 511 g/mol. The van der Waals surface area contributed by atoms with Gasteiger partial charge < -0.3 is 20.1 Å². The van der Waals surface area contributed by atoms with Crippen LogP contribution in [-0.2, 0) is 12.0 Å². The number of benzene rings is 1. The van der Waals surface area contributed by atoms with Gasteiger partial charge in [0.2, 0.25) is 0 Å². The van der Waals surface area contributed by atoms with Crippen LogP contribution in [-0.4, -0.2) is 37.2 Å². The molecule has 0 saturated heterocycles. The Kier molecular flexibility index (Phi) is 8.21. The van der Waals surface area contributed by atoms with E-state index >= 15 is 0 Å². The van der Waals surface area contributed by atoms with Crippen molar-refractivity contribution >= 4 is 41.3 Å². The van der Waals surface area contributed by atoms with Gasteiger partial charge >= 0.3 is 0 Å². The highest BCUT2D eigenvalue weighted by atomic mass is 127. The van der Waals surface area contributed by atoms with Crippen LogP contribution >= 0.6 is 35.3 Å². The quantitative estimate of drug-likeness (QED) is 0.322. The van der Waals surface area contributed by atoms with Crippen LogP contribution in [0.4, 0.5) is 0 Å². The van der Waals surface area contributed by atoms with Gasteiger partial charge in [-0.1, -0.05) is 18.9 Å². The molecule has 164 valence electrons. The molecule has 6 nitrogen and oxygen atoms in total. The van der Waals surface area contributed by atoms with Gasteiger partial charge in [-0.3, -0.25) is 0 Å². The Hall–Kier alpha value is -1.55. The van der Waals surface area contributed by atoms with Crippen molar-refractivity contribution in [1.82, 2.24) is 15.6 Å². The molecule has 2 aromatic rings. The lowest BCUT2D eigenvalue weighted by atomic mass is 9.78. The molecule has 0 atom stereocenters. The summed E-state index contributed by atoms with van der Waals surface area (Å²) in [6.07, 6.45) is 6.76. The van der Waals surface area contributed by atoms with Gasteiger partial charge in [0.05, 0.1) is 6.54 Å². The maximum absolute atomic E-state index is 5.84. The second-order valence-corrected chi connectivity index (χ2v) is 9.08. The van der Waals surface area contributed by atoms with Crippen LogP contribution in [0.15, 0.2) is 29.4 Å². The van der Waals surface area contributed by atoms with E-state index in [1.165, 1.54) is 36.1 Å². The number of nitrogens with one attached hydrogen (secondary N) is 2. The van der Waals surface area contributed by atoms with E-state index in [1.807, 2.05) is 6.20 Å². The van der Waals surface area contributed by atoms with Gasteiger partial charge in [-0.15, -0.1) is 35.3 Å². The third-order valence-corrected chi connectivity index (χ3v) is 6.59. The number of fused-ring (bicyclic) bond motifs is 1. The average molecular weight is 542 g/mol. The highest BCUT2D eigenvalue weighted by Gasteiger charge is 2.36. The van der Waals surface area contributed by atoms with Gasteiger partial charge in [-0.25, -0.2) is 9.98 Å². The number of aryl methyl sites for hydroxylation is 1. The Bertz CT molecular complexity index is 865. The van der Waals surface area contributed by atoms with Crippen LogP contribution in [0, 0.1) is 6.92 Å². The zero-order chi connectivity index (χ0) is 20.1. The maximum Gasteiger partial charge on any atom is 0.191 e. The van der Waals surface area contributed by atoms with E-state index in [0.717, 1.165) is 35.6 Å². The molecule has 30 heavy (non-hydrogen) atoms. The Morgan fingerprint density at radius 1 is 1.17 bits per heavy atom. The number of halogens is 1. The topological polar surface area (TPSA) is 67.8 Å². The molecule has 1 aliphatic heterocycles. The zero-order valence-electron chi connectivity index (χ0n) is 17.7. The molecule has 1 aliphatic carbocycles. The Morgan fingerprint density at radius 3 is 2.63 bits per heavy atom. The summed E-state index contributed by atoms with van der Waals surface area (Å²) in [7, 11) is 0. The van der Waals surface area contributed by atoms with Gasteiger partial charge in [-0.05, 0) is 44.4 Å². The molecule has 4 rings (SSSR count). The van der Waals surface area contributed by atoms with Gasteiger partial charge in [0.25, 0.3) is 0 Å². The smallest absolute Gasteiger partial charge is 0.191 e. The predicted octanol–water partition coefficient (Wildman–Crippen LogP) is 4.41. The molecule has 1 fully saturated rings. The van der Waals surface area contributed by atoms with Crippen molar-refractivity contribution in [2.24, 2.45) is 4.99 Å². The van der Waals surface area contributed by atoms with Crippen LogP contribution in [0.2, 0.25) is 0 Å². The van der Waals surface area contributed by atoms with E-state index in [4.69, 9.17) is 14.5 Å². The molecule has 0 bridgehead atoms. The molecule has 2 heterocycles. The predicted molar refractivity (Wildman–Crippen MR) is 133 cm³/mol. The highest BCUT2D eigenvalue weighted by Crippen LogP contribution is 2.43. The first kappa shape index (κ1) is 23.1. The molecular formula is C22H31IN4O2S. The van der Waals surface area contributed by atoms with Gasteiger partial charge in [-0.2, -0.15) is 0 Å². The first-order chi connectivity index (χ1) is 14.2. The minimum atomic E-state index is 0. The van der Waals surface area contributed by atoms with Gasteiger partial charge in [0.1, 0.15) is 18.2 Å².